The molecule has 222 valence electrons. The molecule has 9 nitrogen and oxygen atoms in total. The highest BCUT2D eigenvalue weighted by molar-refractivity contribution is 5.93. The second-order valence-electron chi connectivity index (χ2n) is 9.52. The molecule has 4 rings (SSSR count). The van der Waals surface area contributed by atoms with E-state index in [4.69, 9.17) is 9.47 Å². The number of aliphatic imine (C=N–C) groups is 1. The number of carbonyl (C=O) groups is 1. The van der Waals surface area contributed by atoms with Gasteiger partial charge in [0.1, 0.15) is 30.1 Å². The zero-order valence-electron chi connectivity index (χ0n) is 24.3. The Morgan fingerprint density at radius 3 is 2.10 bits per heavy atom. The molecule has 1 saturated heterocycles. The molecule has 1 amide bonds. The number of piperazine rings is 1. The van der Waals surface area contributed by atoms with Crippen LogP contribution in [0.5, 0.6) is 0 Å². The minimum atomic E-state index is -0.376. The monoisotopic (exact) mass is 578 g/mol. The summed E-state index contributed by atoms with van der Waals surface area (Å²) in [4.78, 5) is 26.2. The highest BCUT2D eigenvalue weighted by atomic mass is 19.1. The van der Waals surface area contributed by atoms with Crippen LogP contribution in [0.3, 0.4) is 0 Å². The zero-order valence-corrected chi connectivity index (χ0v) is 24.3. The molecule has 0 bridgehead atoms. The first-order valence-corrected chi connectivity index (χ1v) is 13.4. The van der Waals surface area contributed by atoms with Crippen LogP contribution in [0.2, 0.25) is 0 Å². The summed E-state index contributed by atoms with van der Waals surface area (Å²) in [6, 6.07) is 11.7. The van der Waals surface area contributed by atoms with Gasteiger partial charge in [-0.1, -0.05) is 0 Å². The number of nitrogens with zero attached hydrogens (tertiary/aromatic N) is 6. The van der Waals surface area contributed by atoms with Gasteiger partial charge in [-0.3, -0.25) is 9.79 Å². The number of rotatable bonds is 9. The smallest absolute Gasteiger partial charge is 0.244 e. The summed E-state index contributed by atoms with van der Waals surface area (Å²) >= 11 is 0. The molecule has 2 aromatic carbocycles. The van der Waals surface area contributed by atoms with E-state index in [-0.39, 0.29) is 30.2 Å². The van der Waals surface area contributed by atoms with E-state index in [1.165, 1.54) is 28.9 Å². The second-order valence-corrected chi connectivity index (χ2v) is 9.52. The Labute approximate surface area is 245 Å². The van der Waals surface area contributed by atoms with E-state index in [0.29, 0.717) is 55.6 Å². The first-order valence-electron chi connectivity index (χ1n) is 13.4. The van der Waals surface area contributed by atoms with Gasteiger partial charge in [0.15, 0.2) is 11.6 Å². The average Bonchev–Trinajstić information content (AvgIpc) is 3.41. The van der Waals surface area contributed by atoms with Gasteiger partial charge in [-0.2, -0.15) is 0 Å². The van der Waals surface area contributed by atoms with Crippen molar-refractivity contribution in [3.8, 4) is 35.6 Å². The van der Waals surface area contributed by atoms with Crippen LogP contribution in [0.25, 0.3) is 22.8 Å². The lowest BCUT2D eigenvalue weighted by atomic mass is 10.2. The Kier molecular flexibility index (Phi) is 11.8. The van der Waals surface area contributed by atoms with Crippen molar-refractivity contribution in [3.63, 3.8) is 0 Å². The van der Waals surface area contributed by atoms with Crippen molar-refractivity contribution in [3.05, 3.63) is 72.0 Å². The molecule has 0 radical (unpaired) electrons. The Hall–Kier alpha value is -4.56. The summed E-state index contributed by atoms with van der Waals surface area (Å²) in [5.41, 5.74) is 1.23. The van der Waals surface area contributed by atoms with Crippen molar-refractivity contribution in [1.29, 1.82) is 0 Å². The lowest BCUT2D eigenvalue weighted by Gasteiger charge is -2.36. The largest absolute Gasteiger partial charge is 0.493 e. The summed E-state index contributed by atoms with van der Waals surface area (Å²) in [6.07, 6.45) is 9.82. The van der Waals surface area contributed by atoms with Crippen molar-refractivity contribution in [2.45, 2.75) is 26.5 Å². The Morgan fingerprint density at radius 1 is 1.00 bits per heavy atom. The van der Waals surface area contributed by atoms with E-state index in [9.17, 15) is 13.6 Å². The average molecular weight is 579 g/mol. The minimum Gasteiger partial charge on any atom is -0.493 e. The number of hydrogen-bond donors (Lipinski definition) is 0. The number of amides is 1. The van der Waals surface area contributed by atoms with Crippen molar-refractivity contribution in [1.82, 2.24) is 24.6 Å². The first kappa shape index (κ1) is 32.0. The van der Waals surface area contributed by atoms with Gasteiger partial charge < -0.3 is 19.3 Å². The Bertz CT molecular complexity index is 1390. The summed E-state index contributed by atoms with van der Waals surface area (Å²) in [6.45, 7) is 6.51. The Morgan fingerprint density at radius 2 is 1.55 bits per heavy atom. The standard InChI is InChI=1S/C29H34F2N6O3.C2H2/c1-20(40-21(2)19-39-4)17-26(32-3)35-13-15-36(16-14-35)27(38)18-37-29(23-7-11-25(31)12-8-23)33-28(34-37)22-5-9-24(30)10-6-22;1-2/h5-12,17,21H,13-16,18-19H2,1-4H3;1-2H/b20-17+,32-26?;. The molecule has 1 aliphatic heterocycles. The second kappa shape index (κ2) is 15.4. The number of allylic oxidation sites excluding steroid dienone is 1. The van der Waals surface area contributed by atoms with E-state index in [1.807, 2.05) is 19.9 Å². The number of amidine groups is 1. The quantitative estimate of drug-likeness (QED) is 0.163. The van der Waals surface area contributed by atoms with Crippen LogP contribution >= 0.6 is 0 Å². The van der Waals surface area contributed by atoms with Crippen molar-refractivity contribution in [2.24, 2.45) is 4.99 Å². The van der Waals surface area contributed by atoms with Crippen LogP contribution in [0.1, 0.15) is 13.8 Å². The molecule has 0 saturated carbocycles. The summed E-state index contributed by atoms with van der Waals surface area (Å²) < 4.78 is 39.5. The van der Waals surface area contributed by atoms with Crippen molar-refractivity contribution in [2.75, 3.05) is 46.9 Å². The van der Waals surface area contributed by atoms with E-state index >= 15 is 0 Å². The highest BCUT2D eigenvalue weighted by Gasteiger charge is 2.25. The van der Waals surface area contributed by atoms with E-state index in [1.54, 1.807) is 43.3 Å². The first-order chi connectivity index (χ1) is 20.3. The van der Waals surface area contributed by atoms with Gasteiger partial charge in [-0.15, -0.1) is 17.9 Å². The topological polar surface area (TPSA) is 85.1 Å². The number of aromatic nitrogens is 3. The van der Waals surface area contributed by atoms with E-state index in [0.717, 1.165) is 11.6 Å². The maximum Gasteiger partial charge on any atom is 0.244 e. The molecule has 3 aromatic rings. The molecule has 0 spiro atoms. The molecular weight excluding hydrogens is 542 g/mol. The van der Waals surface area contributed by atoms with Gasteiger partial charge in [0.2, 0.25) is 5.91 Å². The van der Waals surface area contributed by atoms with Crippen molar-refractivity contribution >= 4 is 11.7 Å². The van der Waals surface area contributed by atoms with Gasteiger partial charge >= 0.3 is 0 Å². The number of carbonyl (C=O) groups excluding carboxylic acids is 1. The maximum absolute atomic E-state index is 13.6. The van der Waals surface area contributed by atoms with Crippen LogP contribution in [0.4, 0.5) is 8.78 Å². The predicted molar refractivity (Wildman–Crippen MR) is 158 cm³/mol. The molecule has 1 aliphatic rings. The number of hydrogen-bond acceptors (Lipinski definition) is 6. The SMILES string of the molecule is C#C.CN=C(/C=C(\C)OC(C)COC)N1CCN(C(=O)Cn2nc(-c3ccc(F)cc3)nc2-c2ccc(F)cc2)CC1. The van der Waals surface area contributed by atoms with E-state index in [2.05, 4.69) is 32.8 Å². The zero-order chi connectivity index (χ0) is 30.6. The van der Waals surface area contributed by atoms with Crippen LogP contribution in [-0.2, 0) is 20.8 Å². The number of methoxy groups -OCH3 is 1. The third-order valence-corrected chi connectivity index (χ3v) is 6.47. The lowest BCUT2D eigenvalue weighted by molar-refractivity contribution is -0.133. The van der Waals surface area contributed by atoms with Gasteiger partial charge in [0.25, 0.3) is 0 Å². The lowest BCUT2D eigenvalue weighted by Crippen LogP contribution is -2.51. The highest BCUT2D eigenvalue weighted by Crippen LogP contribution is 2.23. The maximum atomic E-state index is 13.6. The van der Waals surface area contributed by atoms with Crippen LogP contribution in [0.15, 0.2) is 65.4 Å². The van der Waals surface area contributed by atoms with Gasteiger partial charge in [0, 0.05) is 57.5 Å². The molecule has 1 atom stereocenters. The van der Waals surface area contributed by atoms with Gasteiger partial charge in [-0.05, 0) is 62.4 Å². The number of halogens is 2. The predicted octanol–water partition coefficient (Wildman–Crippen LogP) is 4.27. The fraction of sp³-hybridized carbons (Fsp3) is 0.355. The number of ether oxygens (including phenoxy) is 2. The third kappa shape index (κ3) is 8.47. The van der Waals surface area contributed by atoms with Crippen LogP contribution < -0.4 is 0 Å². The molecule has 42 heavy (non-hydrogen) atoms. The number of terminal acetylenes is 1. The molecule has 1 fully saturated rings. The Balaban J connectivity index is 0.00000237. The molecule has 1 aromatic heterocycles. The van der Waals surface area contributed by atoms with Crippen molar-refractivity contribution < 1.29 is 23.0 Å². The molecule has 0 N–H and O–H groups in total. The molecule has 2 heterocycles. The number of benzene rings is 2. The molecule has 1 unspecified atom stereocenters. The van der Waals surface area contributed by atoms with Gasteiger partial charge in [-0.25, -0.2) is 18.4 Å². The van der Waals surface area contributed by atoms with Gasteiger partial charge in [0.05, 0.1) is 12.4 Å². The molecule has 11 heteroatoms. The normalized spacial score (nSPS) is 14.7. The summed E-state index contributed by atoms with van der Waals surface area (Å²) in [5.74, 6) is 1.44. The van der Waals surface area contributed by atoms with Crippen LogP contribution in [-0.4, -0.2) is 89.4 Å². The fourth-order valence-electron chi connectivity index (χ4n) is 4.50. The minimum absolute atomic E-state index is 0.0418. The van der Waals surface area contributed by atoms with E-state index < -0.39 is 0 Å². The summed E-state index contributed by atoms with van der Waals surface area (Å²) in [5, 5.41) is 4.55. The van der Waals surface area contributed by atoms with Crippen LogP contribution in [0, 0.1) is 24.5 Å². The molecular formula is C31H36F2N6O3. The molecule has 0 aliphatic carbocycles. The fourth-order valence-corrected chi connectivity index (χ4v) is 4.50. The third-order valence-electron chi connectivity index (χ3n) is 6.47. The summed E-state index contributed by atoms with van der Waals surface area (Å²) in [7, 11) is 3.37.